The highest BCUT2D eigenvalue weighted by Crippen LogP contribution is 2.23. The summed E-state index contributed by atoms with van der Waals surface area (Å²) < 4.78 is 16.4. The van der Waals surface area contributed by atoms with Crippen LogP contribution >= 0.6 is 0 Å². The Bertz CT molecular complexity index is 1200. The van der Waals surface area contributed by atoms with Gasteiger partial charge < -0.3 is 18.9 Å². The van der Waals surface area contributed by atoms with Crippen LogP contribution in [0.2, 0.25) is 0 Å². The molecule has 1 unspecified atom stereocenters. The lowest BCUT2D eigenvalue weighted by molar-refractivity contribution is -0.137. The molecule has 4 rings (SSSR count). The normalized spacial score (nSPS) is 11.8. The van der Waals surface area contributed by atoms with E-state index in [1.165, 1.54) is 4.90 Å². The third-order valence-corrected chi connectivity index (χ3v) is 4.93. The lowest BCUT2D eigenvalue weighted by atomic mass is 10.1. The summed E-state index contributed by atoms with van der Waals surface area (Å²) in [5.41, 5.74) is 0.774. The maximum atomic E-state index is 12.8. The number of rotatable bonds is 7. The number of fused-ring (bicyclic) bond motifs is 1. The summed E-state index contributed by atoms with van der Waals surface area (Å²) in [7, 11) is 3.28. The molecule has 0 radical (unpaired) electrons. The number of hydrogen-bond donors (Lipinski definition) is 0. The molecule has 4 aromatic rings. The number of ether oxygens (including phenoxy) is 2. The van der Waals surface area contributed by atoms with E-state index in [0.717, 1.165) is 16.3 Å². The zero-order chi connectivity index (χ0) is 21.8. The number of benzene rings is 3. The molecule has 7 heteroatoms. The van der Waals surface area contributed by atoms with E-state index in [2.05, 4.69) is 10.1 Å². The molecule has 0 saturated heterocycles. The molecular formula is C24H23N3O4. The van der Waals surface area contributed by atoms with Crippen molar-refractivity contribution < 1.29 is 18.8 Å². The van der Waals surface area contributed by atoms with Gasteiger partial charge in [-0.05, 0) is 42.0 Å². The highest BCUT2D eigenvalue weighted by Gasteiger charge is 2.21. The fourth-order valence-electron chi connectivity index (χ4n) is 3.28. The van der Waals surface area contributed by atoms with Crippen LogP contribution in [0.3, 0.4) is 0 Å². The van der Waals surface area contributed by atoms with Gasteiger partial charge >= 0.3 is 0 Å². The maximum absolute atomic E-state index is 12.8. The fraction of sp³-hybridized carbons (Fsp3) is 0.208. The summed E-state index contributed by atoms with van der Waals surface area (Å²) in [6.45, 7) is 1.91. The molecule has 0 N–H and O–H groups in total. The second kappa shape index (κ2) is 8.87. The van der Waals surface area contributed by atoms with E-state index in [1.807, 2.05) is 66.7 Å². The van der Waals surface area contributed by atoms with Crippen LogP contribution in [0.25, 0.3) is 22.2 Å². The average Bonchev–Trinajstić information content (AvgIpc) is 3.27. The van der Waals surface area contributed by atoms with Crippen molar-refractivity contribution in [3.05, 3.63) is 72.6 Å². The molecule has 1 aromatic heterocycles. The van der Waals surface area contributed by atoms with Gasteiger partial charge in [-0.3, -0.25) is 4.79 Å². The van der Waals surface area contributed by atoms with E-state index in [1.54, 1.807) is 21.1 Å². The molecule has 1 amide bonds. The van der Waals surface area contributed by atoms with Crippen molar-refractivity contribution >= 4 is 16.7 Å². The van der Waals surface area contributed by atoms with Crippen LogP contribution in [0.15, 0.2) is 71.3 Å². The second-order valence-electron chi connectivity index (χ2n) is 7.21. The molecule has 3 aromatic carbocycles. The Balaban J connectivity index is 1.40. The first kappa shape index (κ1) is 20.4. The van der Waals surface area contributed by atoms with Crippen LogP contribution in [0.5, 0.6) is 11.5 Å². The molecule has 0 aliphatic heterocycles. The van der Waals surface area contributed by atoms with E-state index in [0.29, 0.717) is 23.2 Å². The van der Waals surface area contributed by atoms with Crippen molar-refractivity contribution in [2.75, 3.05) is 14.2 Å². The number of carbonyl (C=O) groups is 1. The van der Waals surface area contributed by atoms with Crippen molar-refractivity contribution in [1.82, 2.24) is 15.0 Å². The fourth-order valence-corrected chi connectivity index (χ4v) is 3.28. The minimum Gasteiger partial charge on any atom is -0.497 e. The van der Waals surface area contributed by atoms with Gasteiger partial charge in [-0.1, -0.05) is 47.6 Å². The standard InChI is InChI=1S/C24H23N3O4/c1-16(30-21-12-11-17-7-4-5-8-18(17)13-21)24(28)27(2)15-22-25-23(26-31-22)19-9-6-10-20(14-19)29-3/h4-14,16H,15H2,1-3H3. The lowest BCUT2D eigenvalue weighted by Crippen LogP contribution is -2.37. The first-order valence-electron chi connectivity index (χ1n) is 9.91. The molecule has 1 heterocycles. The summed E-state index contributed by atoms with van der Waals surface area (Å²) in [5.74, 6) is 1.94. The van der Waals surface area contributed by atoms with Crippen molar-refractivity contribution in [2.45, 2.75) is 19.6 Å². The number of nitrogens with zero attached hydrogens (tertiary/aromatic N) is 3. The van der Waals surface area contributed by atoms with E-state index < -0.39 is 6.10 Å². The average molecular weight is 417 g/mol. The number of methoxy groups -OCH3 is 1. The summed E-state index contributed by atoms with van der Waals surface area (Å²) in [6, 6.07) is 21.2. The zero-order valence-corrected chi connectivity index (χ0v) is 17.6. The molecule has 0 aliphatic carbocycles. The highest BCUT2D eigenvalue weighted by atomic mass is 16.5. The molecule has 0 spiro atoms. The second-order valence-corrected chi connectivity index (χ2v) is 7.21. The number of carbonyl (C=O) groups excluding carboxylic acids is 1. The molecule has 0 fully saturated rings. The van der Waals surface area contributed by atoms with Gasteiger partial charge in [0.15, 0.2) is 6.10 Å². The molecule has 0 aliphatic rings. The van der Waals surface area contributed by atoms with Gasteiger partial charge in [-0.2, -0.15) is 4.98 Å². The third kappa shape index (κ3) is 4.66. The summed E-state index contributed by atoms with van der Waals surface area (Å²) in [6.07, 6.45) is -0.660. The molecule has 7 nitrogen and oxygen atoms in total. The molecular weight excluding hydrogens is 394 g/mol. The van der Waals surface area contributed by atoms with Crippen LogP contribution in [0, 0.1) is 0 Å². The number of amides is 1. The van der Waals surface area contributed by atoms with Gasteiger partial charge in [-0.25, -0.2) is 0 Å². The zero-order valence-electron chi connectivity index (χ0n) is 17.6. The van der Waals surface area contributed by atoms with E-state index in [-0.39, 0.29) is 12.5 Å². The number of likely N-dealkylation sites (N-methyl/N-ethyl adjacent to an activating group) is 1. The maximum Gasteiger partial charge on any atom is 0.263 e. The summed E-state index contributed by atoms with van der Waals surface area (Å²) >= 11 is 0. The van der Waals surface area contributed by atoms with Crippen LogP contribution in [0.4, 0.5) is 0 Å². The molecule has 0 saturated carbocycles. The quantitative estimate of drug-likeness (QED) is 0.446. The highest BCUT2D eigenvalue weighted by molar-refractivity contribution is 5.84. The SMILES string of the molecule is COc1cccc(-c2noc(CN(C)C(=O)C(C)Oc3ccc4ccccc4c3)n2)c1. The minimum atomic E-state index is -0.660. The molecule has 158 valence electrons. The van der Waals surface area contributed by atoms with Crippen molar-refractivity contribution in [3.8, 4) is 22.9 Å². The number of hydrogen-bond acceptors (Lipinski definition) is 6. The Morgan fingerprint density at radius 2 is 1.84 bits per heavy atom. The van der Waals surface area contributed by atoms with Gasteiger partial charge in [-0.15, -0.1) is 0 Å². The Labute approximate surface area is 180 Å². The van der Waals surface area contributed by atoms with Crippen molar-refractivity contribution in [3.63, 3.8) is 0 Å². The van der Waals surface area contributed by atoms with Crippen LogP contribution < -0.4 is 9.47 Å². The van der Waals surface area contributed by atoms with Gasteiger partial charge in [0.25, 0.3) is 5.91 Å². The van der Waals surface area contributed by atoms with Crippen LogP contribution in [-0.4, -0.2) is 41.2 Å². The van der Waals surface area contributed by atoms with Gasteiger partial charge in [0, 0.05) is 12.6 Å². The van der Waals surface area contributed by atoms with Crippen LogP contribution in [0.1, 0.15) is 12.8 Å². The predicted octanol–water partition coefficient (Wildman–Crippen LogP) is 4.32. The Morgan fingerprint density at radius 3 is 2.65 bits per heavy atom. The minimum absolute atomic E-state index is 0.182. The number of aromatic nitrogens is 2. The first-order chi connectivity index (χ1) is 15.0. The van der Waals surface area contributed by atoms with Gasteiger partial charge in [0.2, 0.25) is 11.7 Å². The Kier molecular flexibility index (Phi) is 5.84. The first-order valence-corrected chi connectivity index (χ1v) is 9.91. The van der Waals surface area contributed by atoms with E-state index >= 15 is 0 Å². The topological polar surface area (TPSA) is 77.7 Å². The summed E-state index contributed by atoms with van der Waals surface area (Å²) in [4.78, 5) is 18.7. The van der Waals surface area contributed by atoms with Gasteiger partial charge in [0.05, 0.1) is 13.7 Å². The van der Waals surface area contributed by atoms with Crippen LogP contribution in [-0.2, 0) is 11.3 Å². The van der Waals surface area contributed by atoms with E-state index in [9.17, 15) is 4.79 Å². The Hall–Kier alpha value is -3.87. The van der Waals surface area contributed by atoms with Gasteiger partial charge in [0.1, 0.15) is 11.5 Å². The Morgan fingerprint density at radius 1 is 1.03 bits per heavy atom. The third-order valence-electron chi connectivity index (χ3n) is 4.93. The van der Waals surface area contributed by atoms with Crippen molar-refractivity contribution in [2.24, 2.45) is 0 Å². The molecule has 31 heavy (non-hydrogen) atoms. The lowest BCUT2D eigenvalue weighted by Gasteiger charge is -2.21. The smallest absolute Gasteiger partial charge is 0.263 e. The van der Waals surface area contributed by atoms with E-state index in [4.69, 9.17) is 14.0 Å². The summed E-state index contributed by atoms with van der Waals surface area (Å²) in [5, 5.41) is 6.18. The monoisotopic (exact) mass is 417 g/mol. The predicted molar refractivity (Wildman–Crippen MR) is 117 cm³/mol. The molecule has 1 atom stereocenters. The largest absolute Gasteiger partial charge is 0.497 e. The molecule has 0 bridgehead atoms. The van der Waals surface area contributed by atoms with Crippen molar-refractivity contribution in [1.29, 1.82) is 0 Å².